The lowest BCUT2D eigenvalue weighted by molar-refractivity contribution is -0.141. The van der Waals surface area contributed by atoms with Crippen molar-refractivity contribution < 1.29 is 22.4 Å². The first-order chi connectivity index (χ1) is 17.1. The fourth-order valence-corrected chi connectivity index (χ4v) is 7.33. The highest BCUT2D eigenvalue weighted by atomic mass is 32.2. The van der Waals surface area contributed by atoms with E-state index in [0.717, 1.165) is 11.1 Å². The van der Waals surface area contributed by atoms with Crippen LogP contribution in [0.15, 0.2) is 30.9 Å². The number of aryl methyl sites for hydroxylation is 2. The summed E-state index contributed by atoms with van der Waals surface area (Å²) in [5.74, 6) is -1.05. The molecule has 1 N–H and O–H groups in total. The first kappa shape index (κ1) is 24.8. The van der Waals surface area contributed by atoms with Gasteiger partial charge < -0.3 is 4.90 Å². The van der Waals surface area contributed by atoms with Crippen LogP contribution in [0.4, 0.5) is 9.18 Å². The number of hydrogen-bond donors (Lipinski definition) is 1. The predicted octanol–water partition coefficient (Wildman–Crippen LogP) is 2.05. The van der Waals surface area contributed by atoms with E-state index >= 15 is 0 Å². The Balaban J connectivity index is 1.43. The quantitative estimate of drug-likeness (QED) is 0.572. The van der Waals surface area contributed by atoms with Crippen LogP contribution in [0.1, 0.15) is 48.8 Å². The lowest BCUT2D eigenvalue weighted by Crippen LogP contribution is -2.63. The summed E-state index contributed by atoms with van der Waals surface area (Å²) in [6, 6.07) is 1.13. The van der Waals surface area contributed by atoms with Crippen LogP contribution in [0.3, 0.4) is 0 Å². The summed E-state index contributed by atoms with van der Waals surface area (Å²) < 4.78 is 43.8. The molecule has 12 heteroatoms. The van der Waals surface area contributed by atoms with Crippen LogP contribution in [0.2, 0.25) is 0 Å². The SMILES string of the molecule is Cc1cncc(CN2C(=O)N(Cc3cnn(C)c3)C(=O)C3CC(S(=O)(=O)NC4(CF)CC4)CCC32)c1. The molecule has 5 rings (SSSR count). The van der Waals surface area contributed by atoms with Crippen molar-refractivity contribution in [3.63, 3.8) is 0 Å². The van der Waals surface area contributed by atoms with Crippen LogP contribution in [0.25, 0.3) is 0 Å². The van der Waals surface area contributed by atoms with E-state index in [9.17, 15) is 22.4 Å². The second-order valence-electron chi connectivity index (χ2n) is 10.4. The van der Waals surface area contributed by atoms with Gasteiger partial charge in [-0.2, -0.15) is 5.10 Å². The van der Waals surface area contributed by atoms with Crippen molar-refractivity contribution in [3.8, 4) is 0 Å². The van der Waals surface area contributed by atoms with Gasteiger partial charge in [0.25, 0.3) is 0 Å². The third-order valence-electron chi connectivity index (χ3n) is 7.52. The molecule has 1 aliphatic heterocycles. The fraction of sp³-hybridized carbons (Fsp3) is 0.583. The van der Waals surface area contributed by atoms with Crippen molar-refractivity contribution in [2.24, 2.45) is 13.0 Å². The maximum atomic E-state index is 13.6. The Morgan fingerprint density at radius 2 is 1.92 bits per heavy atom. The number of alkyl halides is 1. The van der Waals surface area contributed by atoms with Gasteiger partial charge >= 0.3 is 6.03 Å². The van der Waals surface area contributed by atoms with Gasteiger partial charge in [0, 0.05) is 43.8 Å². The first-order valence-electron chi connectivity index (χ1n) is 12.2. The maximum absolute atomic E-state index is 13.6. The number of nitrogens with one attached hydrogen (secondary N) is 1. The van der Waals surface area contributed by atoms with Gasteiger partial charge in [-0.25, -0.2) is 22.3 Å². The first-order valence-corrected chi connectivity index (χ1v) is 13.7. The monoisotopic (exact) mass is 518 g/mol. The third-order valence-corrected chi connectivity index (χ3v) is 9.54. The van der Waals surface area contributed by atoms with E-state index in [2.05, 4.69) is 14.8 Å². The largest absolute Gasteiger partial charge is 0.327 e. The van der Waals surface area contributed by atoms with Gasteiger partial charge in [-0.15, -0.1) is 0 Å². The number of amides is 3. The highest BCUT2D eigenvalue weighted by Gasteiger charge is 2.53. The molecule has 2 saturated carbocycles. The molecule has 3 unspecified atom stereocenters. The minimum Gasteiger partial charge on any atom is -0.316 e. The van der Waals surface area contributed by atoms with E-state index in [1.165, 1.54) is 4.90 Å². The van der Waals surface area contributed by atoms with Crippen molar-refractivity contribution in [1.82, 2.24) is 29.3 Å². The number of hydrogen-bond acceptors (Lipinski definition) is 6. The summed E-state index contributed by atoms with van der Waals surface area (Å²) in [4.78, 5) is 34.3. The van der Waals surface area contributed by atoms with E-state index in [1.807, 2.05) is 13.0 Å². The number of carbonyl (C=O) groups is 2. The number of fused-ring (bicyclic) bond motifs is 1. The fourth-order valence-electron chi connectivity index (χ4n) is 5.39. The molecule has 36 heavy (non-hydrogen) atoms. The Morgan fingerprint density at radius 3 is 2.56 bits per heavy atom. The van der Waals surface area contributed by atoms with E-state index in [1.54, 1.807) is 41.4 Å². The lowest BCUT2D eigenvalue weighted by atomic mass is 9.80. The van der Waals surface area contributed by atoms with Gasteiger partial charge in [-0.05, 0) is 50.2 Å². The zero-order valence-corrected chi connectivity index (χ0v) is 21.2. The Bertz CT molecular complexity index is 1280. The van der Waals surface area contributed by atoms with Crippen LogP contribution in [0.5, 0.6) is 0 Å². The number of sulfonamides is 1. The number of halogens is 1. The Hall–Kier alpha value is -2.86. The van der Waals surface area contributed by atoms with Crippen molar-refractivity contribution in [2.75, 3.05) is 6.67 Å². The Morgan fingerprint density at radius 1 is 1.14 bits per heavy atom. The molecule has 0 bridgehead atoms. The minimum atomic E-state index is -3.82. The van der Waals surface area contributed by atoms with Gasteiger partial charge in [0.2, 0.25) is 15.9 Å². The van der Waals surface area contributed by atoms with Gasteiger partial charge in [0.05, 0.1) is 29.4 Å². The van der Waals surface area contributed by atoms with Crippen LogP contribution in [-0.4, -0.2) is 68.4 Å². The molecule has 0 spiro atoms. The topological polar surface area (TPSA) is 118 Å². The second kappa shape index (κ2) is 9.22. The Kier molecular flexibility index (Phi) is 6.36. The summed E-state index contributed by atoms with van der Waals surface area (Å²) in [6.45, 7) is 1.50. The number of pyridine rings is 1. The van der Waals surface area contributed by atoms with E-state index in [0.29, 0.717) is 31.2 Å². The summed E-state index contributed by atoms with van der Waals surface area (Å²) in [5.41, 5.74) is 1.51. The molecule has 3 heterocycles. The van der Waals surface area contributed by atoms with Crippen LogP contribution in [-0.2, 0) is 35.0 Å². The number of rotatable bonds is 8. The summed E-state index contributed by atoms with van der Waals surface area (Å²) in [7, 11) is -2.07. The van der Waals surface area contributed by atoms with E-state index < -0.39 is 45.5 Å². The number of urea groups is 1. The standard InChI is InChI=1S/C24H31FN6O4S/c1-16-7-17(10-26-9-16)13-30-21-4-3-19(36(34,35)28-24(15-25)5-6-24)8-20(21)22(32)31(23(30)33)14-18-11-27-29(2)12-18/h7,9-12,19-21,28H,3-6,8,13-15H2,1-2H3. The van der Waals surface area contributed by atoms with Crippen molar-refractivity contribution >= 4 is 22.0 Å². The van der Waals surface area contributed by atoms with Crippen molar-refractivity contribution in [2.45, 2.75) is 68.9 Å². The van der Waals surface area contributed by atoms with Gasteiger partial charge in [-0.3, -0.25) is 19.4 Å². The summed E-state index contributed by atoms with van der Waals surface area (Å²) in [5, 5.41) is 3.31. The molecule has 3 amide bonds. The third kappa shape index (κ3) is 4.75. The highest BCUT2D eigenvalue weighted by Crippen LogP contribution is 2.41. The number of aromatic nitrogens is 3. The van der Waals surface area contributed by atoms with Gasteiger partial charge in [0.1, 0.15) is 6.67 Å². The second-order valence-corrected chi connectivity index (χ2v) is 12.4. The molecule has 3 fully saturated rings. The van der Waals surface area contributed by atoms with E-state index in [-0.39, 0.29) is 25.4 Å². The highest BCUT2D eigenvalue weighted by molar-refractivity contribution is 7.90. The normalized spacial score (nSPS) is 25.7. The number of imide groups is 1. The summed E-state index contributed by atoms with van der Waals surface area (Å²) >= 11 is 0. The van der Waals surface area contributed by atoms with E-state index in [4.69, 9.17) is 0 Å². The predicted molar refractivity (Wildman–Crippen MR) is 129 cm³/mol. The van der Waals surface area contributed by atoms with Crippen LogP contribution in [0, 0.1) is 12.8 Å². The molecule has 3 atom stereocenters. The molecule has 10 nitrogen and oxygen atoms in total. The average Bonchev–Trinajstić information content (AvgIpc) is 3.49. The van der Waals surface area contributed by atoms with Crippen molar-refractivity contribution in [1.29, 1.82) is 0 Å². The molecule has 1 saturated heterocycles. The molecule has 2 aliphatic carbocycles. The zero-order chi connectivity index (χ0) is 25.7. The molecular formula is C24H31FN6O4S. The molecule has 2 aromatic heterocycles. The van der Waals surface area contributed by atoms with Gasteiger partial charge in [-0.1, -0.05) is 6.07 Å². The maximum Gasteiger partial charge on any atom is 0.327 e. The lowest BCUT2D eigenvalue weighted by Gasteiger charge is -2.48. The number of carbonyl (C=O) groups excluding carboxylic acids is 2. The minimum absolute atomic E-state index is 0.0535. The molecule has 2 aromatic rings. The van der Waals surface area contributed by atoms with Crippen molar-refractivity contribution in [3.05, 3.63) is 47.5 Å². The molecule has 3 aliphatic rings. The van der Waals surface area contributed by atoms with Crippen LogP contribution < -0.4 is 4.72 Å². The number of nitrogens with zero attached hydrogens (tertiary/aromatic N) is 5. The smallest absolute Gasteiger partial charge is 0.316 e. The molecule has 194 valence electrons. The molecular weight excluding hydrogens is 487 g/mol. The van der Waals surface area contributed by atoms with Crippen LogP contribution >= 0.6 is 0 Å². The zero-order valence-electron chi connectivity index (χ0n) is 20.4. The van der Waals surface area contributed by atoms with Gasteiger partial charge in [0.15, 0.2) is 0 Å². The molecule has 0 aromatic carbocycles. The average molecular weight is 519 g/mol. The summed E-state index contributed by atoms with van der Waals surface area (Å²) in [6.07, 6.45) is 8.48. The molecule has 0 radical (unpaired) electrons. The Labute approximate surface area is 209 Å².